The van der Waals surface area contributed by atoms with Gasteiger partial charge in [0.25, 0.3) is 0 Å². The molecule has 10 rings (SSSR count). The predicted octanol–water partition coefficient (Wildman–Crippen LogP) is 12.9. The molecule has 0 saturated heterocycles. The Morgan fingerprint density at radius 2 is 0.828 bits per heavy atom. The molecular formula is C54H40N4. The lowest BCUT2D eigenvalue weighted by Gasteiger charge is -2.34. The lowest BCUT2D eigenvalue weighted by atomic mass is 9.67. The summed E-state index contributed by atoms with van der Waals surface area (Å²) in [5.74, 6) is 2.02. The summed E-state index contributed by atoms with van der Waals surface area (Å²) in [5.41, 5.74) is 17.9. The van der Waals surface area contributed by atoms with E-state index in [1.54, 1.807) is 0 Å². The highest BCUT2D eigenvalue weighted by molar-refractivity contribution is 5.88. The number of nitrogens with zero attached hydrogens (tertiary/aromatic N) is 4. The summed E-state index contributed by atoms with van der Waals surface area (Å²) in [6.45, 7) is 6.05. The van der Waals surface area contributed by atoms with Crippen LogP contribution in [0.3, 0.4) is 0 Å². The number of hydrogen-bond donors (Lipinski definition) is 0. The van der Waals surface area contributed by atoms with Gasteiger partial charge in [-0.05, 0) is 94.1 Å². The van der Waals surface area contributed by atoms with E-state index in [1.807, 2.05) is 44.2 Å². The van der Waals surface area contributed by atoms with Gasteiger partial charge in [-0.1, -0.05) is 176 Å². The summed E-state index contributed by atoms with van der Waals surface area (Å²) in [7, 11) is 0. The Morgan fingerprint density at radius 3 is 1.43 bits per heavy atom. The molecule has 0 spiro atoms. The minimum atomic E-state index is -0.579. The van der Waals surface area contributed by atoms with Crippen LogP contribution in [-0.2, 0) is 5.41 Å². The Bertz CT molecular complexity index is 2920. The quantitative estimate of drug-likeness (QED) is 0.163. The average Bonchev–Trinajstić information content (AvgIpc) is 3.58. The van der Waals surface area contributed by atoms with Crippen molar-refractivity contribution in [3.8, 4) is 67.3 Å². The molecule has 0 aliphatic heterocycles. The maximum Gasteiger partial charge on any atom is 0.163 e. The highest BCUT2D eigenvalue weighted by atomic mass is 15.0. The largest absolute Gasteiger partial charge is 0.258 e. The maximum atomic E-state index is 5.01. The monoisotopic (exact) mass is 744 g/mol. The van der Waals surface area contributed by atoms with Crippen molar-refractivity contribution in [1.29, 1.82) is 0 Å². The lowest BCUT2D eigenvalue weighted by Crippen LogP contribution is -2.28. The second kappa shape index (κ2) is 14.3. The van der Waals surface area contributed by atoms with Crippen LogP contribution >= 0.6 is 0 Å². The van der Waals surface area contributed by atoms with Crippen molar-refractivity contribution in [2.45, 2.75) is 26.2 Å². The van der Waals surface area contributed by atoms with Crippen molar-refractivity contribution >= 4 is 0 Å². The zero-order valence-electron chi connectivity index (χ0n) is 32.7. The molecule has 7 aromatic carbocycles. The van der Waals surface area contributed by atoms with Gasteiger partial charge in [0.05, 0.1) is 5.41 Å². The highest BCUT2D eigenvalue weighted by Gasteiger charge is 2.46. The molecule has 58 heavy (non-hydrogen) atoms. The molecule has 0 radical (unpaired) electrons. The van der Waals surface area contributed by atoms with Crippen LogP contribution in [0.4, 0.5) is 0 Å². The van der Waals surface area contributed by atoms with E-state index in [0.717, 1.165) is 33.6 Å². The van der Waals surface area contributed by atoms with E-state index in [0.29, 0.717) is 17.5 Å². The number of pyridine rings is 1. The van der Waals surface area contributed by atoms with Crippen molar-refractivity contribution in [2.75, 3.05) is 0 Å². The number of hydrogen-bond acceptors (Lipinski definition) is 4. The van der Waals surface area contributed by atoms with Crippen LogP contribution < -0.4 is 0 Å². The fraction of sp³-hybridized carbons (Fsp3) is 0.0741. The molecule has 0 unspecified atom stereocenters. The molecule has 4 heteroatoms. The number of rotatable bonds is 7. The lowest BCUT2D eigenvalue weighted by molar-refractivity contribution is 0.768. The van der Waals surface area contributed by atoms with Gasteiger partial charge in [0, 0.05) is 28.1 Å². The molecule has 2 aromatic heterocycles. The molecule has 1 aliphatic rings. The molecule has 0 amide bonds. The molecule has 0 bridgehead atoms. The second-order valence-corrected chi connectivity index (χ2v) is 15.1. The Labute approximate surface area is 339 Å². The van der Waals surface area contributed by atoms with Crippen molar-refractivity contribution in [3.63, 3.8) is 0 Å². The van der Waals surface area contributed by atoms with Crippen LogP contribution in [0.2, 0.25) is 0 Å². The molecule has 0 fully saturated rings. The predicted molar refractivity (Wildman–Crippen MR) is 236 cm³/mol. The standard InChI is InChI=1S/C54H40N4/c1-35-24-33-45(36(2)55-35)38-25-27-39(28-26-38)46-18-7-8-19-47(46)40-29-31-43(32-30-40)54(50-22-11-9-20-48(50)49-21-10-12-23-51(49)54)44-17-13-16-42(34-44)53-57-37(3)56-52(58-53)41-14-5-4-6-15-41/h4-34H,1-3H3. The molecule has 1 aliphatic carbocycles. The summed E-state index contributed by atoms with van der Waals surface area (Å²) >= 11 is 0. The minimum Gasteiger partial charge on any atom is -0.258 e. The van der Waals surface area contributed by atoms with Gasteiger partial charge in [0.2, 0.25) is 0 Å². The minimum absolute atomic E-state index is 0.579. The summed E-state index contributed by atoms with van der Waals surface area (Å²) in [6, 6.07) is 67.7. The zero-order chi connectivity index (χ0) is 39.2. The van der Waals surface area contributed by atoms with Crippen LogP contribution in [0.5, 0.6) is 0 Å². The smallest absolute Gasteiger partial charge is 0.163 e. The Hall–Kier alpha value is -7.30. The maximum absolute atomic E-state index is 5.01. The molecule has 4 nitrogen and oxygen atoms in total. The Balaban J connectivity index is 1.09. The van der Waals surface area contributed by atoms with Crippen LogP contribution in [0.1, 0.15) is 39.5 Å². The molecule has 276 valence electrons. The Morgan fingerprint density at radius 1 is 0.328 bits per heavy atom. The molecule has 0 saturated carbocycles. The molecular weight excluding hydrogens is 705 g/mol. The summed E-state index contributed by atoms with van der Waals surface area (Å²) in [5, 5.41) is 0. The fourth-order valence-electron chi connectivity index (χ4n) is 8.95. The van der Waals surface area contributed by atoms with E-state index in [2.05, 4.69) is 165 Å². The number of aryl methyl sites for hydroxylation is 3. The zero-order valence-corrected chi connectivity index (χ0v) is 32.7. The van der Waals surface area contributed by atoms with Gasteiger partial charge in [-0.3, -0.25) is 4.98 Å². The summed E-state index contributed by atoms with van der Waals surface area (Å²) < 4.78 is 0. The van der Waals surface area contributed by atoms with Gasteiger partial charge in [0.15, 0.2) is 11.6 Å². The van der Waals surface area contributed by atoms with Crippen LogP contribution in [-0.4, -0.2) is 19.9 Å². The van der Waals surface area contributed by atoms with Crippen molar-refractivity contribution < 1.29 is 0 Å². The number of fused-ring (bicyclic) bond motifs is 3. The number of aromatic nitrogens is 4. The van der Waals surface area contributed by atoms with E-state index in [4.69, 9.17) is 19.9 Å². The van der Waals surface area contributed by atoms with Gasteiger partial charge < -0.3 is 0 Å². The van der Waals surface area contributed by atoms with Gasteiger partial charge >= 0.3 is 0 Å². The first-order valence-electron chi connectivity index (χ1n) is 19.8. The third kappa shape index (κ3) is 5.93. The van der Waals surface area contributed by atoms with Crippen molar-refractivity contribution in [3.05, 3.63) is 228 Å². The third-order valence-electron chi connectivity index (χ3n) is 11.6. The van der Waals surface area contributed by atoms with Crippen molar-refractivity contribution in [1.82, 2.24) is 19.9 Å². The van der Waals surface area contributed by atoms with E-state index in [-0.39, 0.29) is 0 Å². The third-order valence-corrected chi connectivity index (χ3v) is 11.6. The van der Waals surface area contributed by atoms with Gasteiger partial charge in [-0.2, -0.15) is 0 Å². The Kier molecular flexibility index (Phi) is 8.68. The summed E-state index contributed by atoms with van der Waals surface area (Å²) in [6.07, 6.45) is 0. The van der Waals surface area contributed by atoms with Gasteiger partial charge in [0.1, 0.15) is 5.82 Å². The first-order chi connectivity index (χ1) is 28.5. The molecule has 0 atom stereocenters. The molecule has 2 heterocycles. The van der Waals surface area contributed by atoms with Gasteiger partial charge in [-0.15, -0.1) is 0 Å². The topological polar surface area (TPSA) is 51.6 Å². The van der Waals surface area contributed by atoms with Crippen molar-refractivity contribution in [2.24, 2.45) is 0 Å². The van der Waals surface area contributed by atoms with Crippen LogP contribution in [0, 0.1) is 20.8 Å². The fourth-order valence-corrected chi connectivity index (χ4v) is 8.95. The van der Waals surface area contributed by atoms with Gasteiger partial charge in [-0.25, -0.2) is 15.0 Å². The highest BCUT2D eigenvalue weighted by Crippen LogP contribution is 2.56. The van der Waals surface area contributed by atoms with E-state index in [9.17, 15) is 0 Å². The first kappa shape index (κ1) is 35.1. The van der Waals surface area contributed by atoms with Crippen LogP contribution in [0.15, 0.2) is 188 Å². The second-order valence-electron chi connectivity index (χ2n) is 15.1. The molecule has 0 N–H and O–H groups in total. The van der Waals surface area contributed by atoms with E-state index in [1.165, 1.54) is 55.6 Å². The average molecular weight is 745 g/mol. The normalized spacial score (nSPS) is 12.5. The SMILES string of the molecule is Cc1ccc(-c2ccc(-c3ccccc3-c3ccc(C4(c5cccc(-c6nc(C)nc(-c7ccccc7)n6)c5)c5ccccc5-c5ccccc54)cc3)cc2)c(C)n1. The summed E-state index contributed by atoms with van der Waals surface area (Å²) in [4.78, 5) is 19.3. The number of benzene rings is 7. The van der Waals surface area contributed by atoms with E-state index >= 15 is 0 Å². The first-order valence-corrected chi connectivity index (χ1v) is 19.8. The van der Waals surface area contributed by atoms with E-state index < -0.39 is 5.41 Å². The van der Waals surface area contributed by atoms with Crippen LogP contribution in [0.25, 0.3) is 67.3 Å². The molecule has 9 aromatic rings.